The van der Waals surface area contributed by atoms with Crippen LogP contribution in [0.2, 0.25) is 5.02 Å². The first-order chi connectivity index (χ1) is 9.38. The molecule has 0 saturated heterocycles. The molecule has 2 N–H and O–H groups in total. The van der Waals surface area contributed by atoms with E-state index in [0.29, 0.717) is 17.5 Å². The number of aromatic nitrogens is 1. The molecule has 0 aliphatic carbocycles. The lowest BCUT2D eigenvalue weighted by atomic mass is 10.0. The molecule has 0 atom stereocenters. The third kappa shape index (κ3) is 3.25. The van der Waals surface area contributed by atoms with E-state index in [9.17, 15) is 0 Å². The van der Waals surface area contributed by atoms with E-state index in [1.165, 1.54) is 0 Å². The van der Waals surface area contributed by atoms with Gasteiger partial charge in [0.1, 0.15) is 5.75 Å². The van der Waals surface area contributed by atoms with Gasteiger partial charge in [-0.05, 0) is 58.1 Å². The number of nitrogen functional groups attached to an aromatic ring is 1. The van der Waals surface area contributed by atoms with Crippen LogP contribution in [0.1, 0.15) is 30.9 Å². The molecule has 0 aliphatic heterocycles. The van der Waals surface area contributed by atoms with Gasteiger partial charge in [-0.2, -0.15) is 0 Å². The maximum atomic E-state index is 6.25. The van der Waals surface area contributed by atoms with Crippen molar-refractivity contribution in [2.45, 2.75) is 26.7 Å². The molecule has 1 aromatic carbocycles. The van der Waals surface area contributed by atoms with Gasteiger partial charge in [-0.3, -0.25) is 0 Å². The minimum Gasteiger partial charge on any atom is -0.438 e. The minimum atomic E-state index is 0.327. The fraction of sp³-hybridized carbons (Fsp3) is 0.267. The summed E-state index contributed by atoms with van der Waals surface area (Å²) in [4.78, 5) is 4.18. The summed E-state index contributed by atoms with van der Waals surface area (Å²) >= 11 is 9.65. The Labute approximate surface area is 132 Å². The quantitative estimate of drug-likeness (QED) is 0.812. The van der Waals surface area contributed by atoms with E-state index < -0.39 is 0 Å². The summed E-state index contributed by atoms with van der Waals surface area (Å²) in [5, 5.41) is 0.759. The number of anilines is 1. The molecule has 0 bridgehead atoms. The SMILES string of the molecule is Cc1cc(Cl)c(C(C)C)cc1Oc1ncc(N)cc1Br. The lowest BCUT2D eigenvalue weighted by Crippen LogP contribution is -1.96. The first-order valence-electron chi connectivity index (χ1n) is 6.27. The molecule has 0 radical (unpaired) electrons. The summed E-state index contributed by atoms with van der Waals surface area (Å²) in [6.07, 6.45) is 1.56. The van der Waals surface area contributed by atoms with Crippen molar-refractivity contribution in [2.75, 3.05) is 5.73 Å². The molecule has 1 aromatic heterocycles. The van der Waals surface area contributed by atoms with Gasteiger partial charge in [0.15, 0.2) is 0 Å². The standard InChI is InChI=1S/C15H16BrClN2O/c1-8(2)11-6-14(9(3)4-13(11)17)20-15-12(16)5-10(18)7-19-15/h4-8H,18H2,1-3H3. The summed E-state index contributed by atoms with van der Waals surface area (Å²) in [5.74, 6) is 1.56. The van der Waals surface area contributed by atoms with E-state index in [4.69, 9.17) is 22.1 Å². The molecule has 0 unspecified atom stereocenters. The van der Waals surface area contributed by atoms with E-state index in [2.05, 4.69) is 34.8 Å². The molecule has 5 heteroatoms. The predicted octanol–water partition coefficient (Wildman–Crippen LogP) is 5.30. The summed E-state index contributed by atoms with van der Waals surface area (Å²) in [7, 11) is 0. The Hall–Kier alpha value is -1.26. The smallest absolute Gasteiger partial charge is 0.233 e. The van der Waals surface area contributed by atoms with Crippen LogP contribution in [-0.4, -0.2) is 4.98 Å². The highest BCUT2D eigenvalue weighted by atomic mass is 79.9. The van der Waals surface area contributed by atoms with Gasteiger partial charge in [0.2, 0.25) is 5.88 Å². The summed E-state index contributed by atoms with van der Waals surface area (Å²) in [6, 6.07) is 5.64. The van der Waals surface area contributed by atoms with Crippen molar-refractivity contribution in [2.24, 2.45) is 0 Å². The van der Waals surface area contributed by atoms with Crippen molar-refractivity contribution in [1.29, 1.82) is 0 Å². The van der Waals surface area contributed by atoms with Crippen molar-refractivity contribution in [3.63, 3.8) is 0 Å². The van der Waals surface area contributed by atoms with Crippen LogP contribution in [0.15, 0.2) is 28.9 Å². The van der Waals surface area contributed by atoms with Crippen LogP contribution < -0.4 is 10.5 Å². The summed E-state index contributed by atoms with van der Waals surface area (Å²) < 4.78 is 6.59. The average molecular weight is 356 g/mol. The molecule has 20 heavy (non-hydrogen) atoms. The monoisotopic (exact) mass is 354 g/mol. The Morgan fingerprint density at radius 3 is 2.60 bits per heavy atom. The highest BCUT2D eigenvalue weighted by Gasteiger charge is 2.12. The van der Waals surface area contributed by atoms with Crippen LogP contribution >= 0.6 is 27.5 Å². The van der Waals surface area contributed by atoms with Gasteiger partial charge in [-0.25, -0.2) is 4.98 Å². The number of pyridine rings is 1. The fourth-order valence-corrected chi connectivity index (χ4v) is 2.72. The average Bonchev–Trinajstić information content (AvgIpc) is 2.35. The fourth-order valence-electron chi connectivity index (χ4n) is 1.84. The van der Waals surface area contributed by atoms with E-state index in [-0.39, 0.29) is 0 Å². The zero-order valence-corrected chi connectivity index (χ0v) is 13.9. The second kappa shape index (κ2) is 6.02. The predicted molar refractivity (Wildman–Crippen MR) is 86.7 cm³/mol. The van der Waals surface area contributed by atoms with E-state index in [1.54, 1.807) is 12.3 Å². The van der Waals surface area contributed by atoms with Gasteiger partial charge >= 0.3 is 0 Å². The number of halogens is 2. The summed E-state index contributed by atoms with van der Waals surface area (Å²) in [5.41, 5.74) is 8.27. The first kappa shape index (κ1) is 15.1. The van der Waals surface area contributed by atoms with Crippen molar-refractivity contribution in [1.82, 2.24) is 4.98 Å². The van der Waals surface area contributed by atoms with Crippen molar-refractivity contribution < 1.29 is 4.74 Å². The molecular weight excluding hydrogens is 340 g/mol. The molecule has 0 amide bonds. The highest BCUT2D eigenvalue weighted by molar-refractivity contribution is 9.10. The Balaban J connectivity index is 2.40. The molecule has 1 heterocycles. The number of benzene rings is 1. The molecule has 3 nitrogen and oxygen atoms in total. The third-order valence-corrected chi connectivity index (χ3v) is 3.85. The Morgan fingerprint density at radius 2 is 2.00 bits per heavy atom. The minimum absolute atomic E-state index is 0.327. The zero-order valence-electron chi connectivity index (χ0n) is 11.6. The molecule has 0 spiro atoms. The van der Waals surface area contributed by atoms with E-state index in [0.717, 1.165) is 26.4 Å². The number of ether oxygens (including phenoxy) is 1. The molecule has 0 saturated carbocycles. The van der Waals surface area contributed by atoms with Gasteiger partial charge in [0.25, 0.3) is 0 Å². The maximum Gasteiger partial charge on any atom is 0.233 e. The van der Waals surface area contributed by atoms with Crippen LogP contribution in [0.3, 0.4) is 0 Å². The lowest BCUT2D eigenvalue weighted by molar-refractivity contribution is 0.455. The number of nitrogens with two attached hydrogens (primary N) is 1. The third-order valence-electron chi connectivity index (χ3n) is 2.95. The number of hydrogen-bond acceptors (Lipinski definition) is 3. The number of nitrogens with zero attached hydrogens (tertiary/aromatic N) is 1. The molecule has 106 valence electrons. The largest absolute Gasteiger partial charge is 0.438 e. The highest BCUT2D eigenvalue weighted by Crippen LogP contribution is 2.35. The van der Waals surface area contributed by atoms with Gasteiger partial charge in [-0.1, -0.05) is 25.4 Å². The van der Waals surface area contributed by atoms with Crippen LogP contribution in [0.25, 0.3) is 0 Å². The van der Waals surface area contributed by atoms with Gasteiger partial charge < -0.3 is 10.5 Å². The Morgan fingerprint density at radius 1 is 1.30 bits per heavy atom. The van der Waals surface area contributed by atoms with Crippen LogP contribution in [0.4, 0.5) is 5.69 Å². The van der Waals surface area contributed by atoms with E-state index >= 15 is 0 Å². The molecule has 0 aliphatic rings. The number of rotatable bonds is 3. The van der Waals surface area contributed by atoms with Crippen LogP contribution in [0, 0.1) is 6.92 Å². The molecular formula is C15H16BrClN2O. The van der Waals surface area contributed by atoms with Crippen molar-refractivity contribution in [3.05, 3.63) is 45.0 Å². The van der Waals surface area contributed by atoms with Gasteiger partial charge in [0, 0.05) is 5.02 Å². The van der Waals surface area contributed by atoms with Gasteiger partial charge in [-0.15, -0.1) is 0 Å². The second-order valence-corrected chi connectivity index (χ2v) is 6.21. The number of aryl methyl sites for hydroxylation is 1. The Bertz CT molecular complexity index is 644. The summed E-state index contributed by atoms with van der Waals surface area (Å²) in [6.45, 7) is 6.14. The van der Waals surface area contributed by atoms with Crippen molar-refractivity contribution in [3.8, 4) is 11.6 Å². The van der Waals surface area contributed by atoms with E-state index in [1.807, 2.05) is 19.1 Å². The zero-order chi connectivity index (χ0) is 14.9. The second-order valence-electron chi connectivity index (χ2n) is 4.95. The van der Waals surface area contributed by atoms with Gasteiger partial charge in [0.05, 0.1) is 16.4 Å². The molecule has 0 fully saturated rings. The lowest BCUT2D eigenvalue weighted by Gasteiger charge is -2.14. The molecule has 2 rings (SSSR count). The Kier molecular flexibility index (Phi) is 4.55. The number of hydrogen-bond donors (Lipinski definition) is 1. The van der Waals surface area contributed by atoms with Crippen LogP contribution in [0.5, 0.6) is 11.6 Å². The normalized spacial score (nSPS) is 10.9. The maximum absolute atomic E-state index is 6.25. The molecule has 2 aromatic rings. The van der Waals surface area contributed by atoms with Crippen molar-refractivity contribution >= 4 is 33.2 Å². The first-order valence-corrected chi connectivity index (χ1v) is 7.44. The topological polar surface area (TPSA) is 48.1 Å². The van der Waals surface area contributed by atoms with Crippen LogP contribution in [-0.2, 0) is 0 Å².